The molecule has 2 aliphatic rings. The third-order valence-corrected chi connectivity index (χ3v) is 7.02. The topological polar surface area (TPSA) is 9.23 Å². The molecule has 2 fully saturated rings. The highest BCUT2D eigenvalue weighted by atomic mass is 19.4. The van der Waals surface area contributed by atoms with Crippen LogP contribution >= 0.6 is 0 Å². The second-order valence-electron chi connectivity index (χ2n) is 8.86. The van der Waals surface area contributed by atoms with Crippen molar-refractivity contribution in [3.05, 3.63) is 35.4 Å². The van der Waals surface area contributed by atoms with Crippen LogP contribution in [0, 0.1) is 29.4 Å². The summed E-state index contributed by atoms with van der Waals surface area (Å²) < 4.78 is 66.3. The van der Waals surface area contributed by atoms with Crippen molar-refractivity contribution in [1.29, 1.82) is 0 Å². The third kappa shape index (κ3) is 6.94. The van der Waals surface area contributed by atoms with E-state index in [1.165, 1.54) is 37.8 Å². The summed E-state index contributed by atoms with van der Waals surface area (Å²) in [5, 5.41) is 0. The van der Waals surface area contributed by atoms with Gasteiger partial charge in [-0.05, 0) is 86.3 Å². The quantitative estimate of drug-likeness (QED) is 0.325. The van der Waals surface area contributed by atoms with E-state index in [0.717, 1.165) is 55.9 Å². The van der Waals surface area contributed by atoms with Gasteiger partial charge in [0.25, 0.3) is 0 Å². The molecule has 0 heterocycles. The van der Waals surface area contributed by atoms with Crippen molar-refractivity contribution in [1.82, 2.24) is 0 Å². The van der Waals surface area contributed by atoms with E-state index in [0.29, 0.717) is 18.3 Å². The molecule has 0 atom stereocenters. The predicted molar refractivity (Wildman–Crippen MR) is 102 cm³/mol. The first-order chi connectivity index (χ1) is 13.8. The van der Waals surface area contributed by atoms with Crippen LogP contribution < -0.4 is 0 Å². The van der Waals surface area contributed by atoms with Crippen LogP contribution in [0.4, 0.5) is 22.0 Å². The van der Waals surface area contributed by atoms with Gasteiger partial charge in [-0.25, -0.2) is 8.78 Å². The fraction of sp³-hybridized carbons (Fsp3) is 0.739. The molecule has 2 aliphatic carbocycles. The molecule has 29 heavy (non-hydrogen) atoms. The molecule has 6 heteroatoms. The molecule has 2 saturated carbocycles. The SMILES string of the molecule is Fc1ccc(C2CCC(C3CCC(CCCCOC(F)(F)F)CC3)CC2)cc1F. The molecule has 0 amide bonds. The van der Waals surface area contributed by atoms with Gasteiger partial charge in [-0.2, -0.15) is 0 Å². The first kappa shape index (κ1) is 22.5. The smallest absolute Gasteiger partial charge is 0.292 e. The maximum atomic E-state index is 13.5. The summed E-state index contributed by atoms with van der Waals surface area (Å²) in [7, 11) is 0. The molecule has 0 bridgehead atoms. The first-order valence-electron chi connectivity index (χ1n) is 11.0. The van der Waals surface area contributed by atoms with Crippen molar-refractivity contribution in [2.24, 2.45) is 17.8 Å². The second kappa shape index (κ2) is 10.2. The molecule has 3 rings (SSSR count). The lowest BCUT2D eigenvalue weighted by Gasteiger charge is -2.38. The number of benzene rings is 1. The highest BCUT2D eigenvalue weighted by molar-refractivity contribution is 5.22. The number of alkyl halides is 3. The van der Waals surface area contributed by atoms with Gasteiger partial charge in [-0.3, -0.25) is 4.74 Å². The second-order valence-corrected chi connectivity index (χ2v) is 8.86. The Morgan fingerprint density at radius 2 is 1.41 bits per heavy atom. The van der Waals surface area contributed by atoms with E-state index in [1.54, 1.807) is 6.07 Å². The van der Waals surface area contributed by atoms with E-state index >= 15 is 0 Å². The molecule has 0 aromatic heterocycles. The number of rotatable bonds is 7. The normalized spacial score (nSPS) is 28.4. The molecular weight excluding hydrogens is 387 g/mol. The fourth-order valence-corrected chi connectivity index (χ4v) is 5.36. The lowest BCUT2D eigenvalue weighted by molar-refractivity contribution is -0.324. The van der Waals surface area contributed by atoms with Gasteiger partial charge in [0.2, 0.25) is 0 Å². The van der Waals surface area contributed by atoms with Gasteiger partial charge >= 0.3 is 6.36 Å². The lowest BCUT2D eigenvalue weighted by atomic mass is 9.68. The van der Waals surface area contributed by atoms with E-state index in [9.17, 15) is 22.0 Å². The summed E-state index contributed by atoms with van der Waals surface area (Å²) in [6.45, 7) is -0.236. The lowest BCUT2D eigenvalue weighted by Crippen LogP contribution is -2.25. The molecule has 1 aromatic carbocycles. The molecule has 0 aliphatic heterocycles. The van der Waals surface area contributed by atoms with Gasteiger partial charge in [0.15, 0.2) is 11.6 Å². The number of ether oxygens (including phenoxy) is 1. The van der Waals surface area contributed by atoms with E-state index < -0.39 is 18.0 Å². The standard InChI is InChI=1S/C23H31F5O/c24-21-13-12-20(15-22(21)25)19-10-8-18(9-11-19)17-6-4-16(5-7-17)3-1-2-14-29-23(26,27)28/h12-13,15-19H,1-11,14H2. The predicted octanol–water partition coefficient (Wildman–Crippen LogP) is 7.75. The largest absolute Gasteiger partial charge is 0.522 e. The first-order valence-corrected chi connectivity index (χ1v) is 11.0. The zero-order chi connectivity index (χ0) is 20.9. The minimum atomic E-state index is -4.51. The molecular formula is C23H31F5O. The Morgan fingerprint density at radius 1 is 0.793 bits per heavy atom. The zero-order valence-corrected chi connectivity index (χ0v) is 16.8. The van der Waals surface area contributed by atoms with Crippen molar-refractivity contribution in [2.45, 2.75) is 82.9 Å². The van der Waals surface area contributed by atoms with Crippen molar-refractivity contribution in [3.8, 4) is 0 Å². The van der Waals surface area contributed by atoms with Crippen LogP contribution in [-0.2, 0) is 4.74 Å². The van der Waals surface area contributed by atoms with Crippen LogP contribution in [-0.4, -0.2) is 13.0 Å². The van der Waals surface area contributed by atoms with Gasteiger partial charge in [-0.15, -0.1) is 13.2 Å². The maximum Gasteiger partial charge on any atom is 0.522 e. The minimum Gasteiger partial charge on any atom is -0.292 e. The Labute approximate surface area is 170 Å². The average molecular weight is 418 g/mol. The Kier molecular flexibility index (Phi) is 7.94. The minimum absolute atomic E-state index is 0.236. The van der Waals surface area contributed by atoms with E-state index in [4.69, 9.17) is 0 Å². The monoisotopic (exact) mass is 418 g/mol. The van der Waals surface area contributed by atoms with E-state index in [2.05, 4.69) is 4.74 Å². The molecule has 0 unspecified atom stereocenters. The fourth-order valence-electron chi connectivity index (χ4n) is 5.36. The number of hydrogen-bond donors (Lipinski definition) is 0. The molecule has 1 aromatic rings. The van der Waals surface area contributed by atoms with Gasteiger partial charge in [0.05, 0.1) is 6.61 Å². The highest BCUT2D eigenvalue weighted by Gasteiger charge is 2.32. The number of halogens is 5. The highest BCUT2D eigenvalue weighted by Crippen LogP contribution is 2.44. The van der Waals surface area contributed by atoms with Crippen LogP contribution in [0.2, 0.25) is 0 Å². The van der Waals surface area contributed by atoms with Crippen LogP contribution in [0.25, 0.3) is 0 Å². The van der Waals surface area contributed by atoms with Gasteiger partial charge in [-0.1, -0.05) is 31.7 Å². The number of unbranched alkanes of at least 4 members (excludes halogenated alkanes) is 1. The molecule has 1 nitrogen and oxygen atoms in total. The Hall–Kier alpha value is -1.17. The van der Waals surface area contributed by atoms with Crippen molar-refractivity contribution >= 4 is 0 Å². The van der Waals surface area contributed by atoms with E-state index in [1.807, 2.05) is 0 Å². The van der Waals surface area contributed by atoms with Crippen LogP contribution in [0.5, 0.6) is 0 Å². The molecule has 0 saturated heterocycles. The molecule has 0 spiro atoms. The van der Waals surface area contributed by atoms with Gasteiger partial charge in [0.1, 0.15) is 0 Å². The Bertz CT molecular complexity index is 629. The molecule has 0 N–H and O–H groups in total. The van der Waals surface area contributed by atoms with Crippen molar-refractivity contribution in [3.63, 3.8) is 0 Å². The molecule has 0 radical (unpaired) electrons. The Balaban J connectivity index is 1.33. The average Bonchev–Trinajstić information content (AvgIpc) is 2.70. The van der Waals surface area contributed by atoms with Crippen LogP contribution in [0.1, 0.15) is 82.1 Å². The van der Waals surface area contributed by atoms with Crippen molar-refractivity contribution < 1.29 is 26.7 Å². The van der Waals surface area contributed by atoms with Gasteiger partial charge in [0, 0.05) is 0 Å². The van der Waals surface area contributed by atoms with Crippen LogP contribution in [0.15, 0.2) is 18.2 Å². The van der Waals surface area contributed by atoms with Gasteiger partial charge < -0.3 is 0 Å². The van der Waals surface area contributed by atoms with E-state index in [-0.39, 0.29) is 6.61 Å². The van der Waals surface area contributed by atoms with Crippen molar-refractivity contribution in [2.75, 3.05) is 6.61 Å². The summed E-state index contributed by atoms with van der Waals surface area (Å²) in [5.74, 6) is 0.885. The summed E-state index contributed by atoms with van der Waals surface area (Å²) >= 11 is 0. The third-order valence-electron chi connectivity index (χ3n) is 7.02. The summed E-state index contributed by atoms with van der Waals surface area (Å²) in [6, 6.07) is 4.30. The Morgan fingerprint density at radius 3 is 2.00 bits per heavy atom. The summed E-state index contributed by atoms with van der Waals surface area (Å²) in [5.41, 5.74) is 0.917. The number of hydrogen-bond acceptors (Lipinski definition) is 1. The molecule has 164 valence electrons. The van der Waals surface area contributed by atoms with Crippen LogP contribution in [0.3, 0.4) is 0 Å². The maximum absolute atomic E-state index is 13.5. The summed E-state index contributed by atoms with van der Waals surface area (Å²) in [4.78, 5) is 0. The summed E-state index contributed by atoms with van der Waals surface area (Å²) in [6.07, 6.45) is 6.89. The zero-order valence-electron chi connectivity index (χ0n) is 16.8.